The minimum atomic E-state index is 0.0938. The lowest BCUT2D eigenvalue weighted by molar-refractivity contribution is -0.119. The predicted octanol–water partition coefficient (Wildman–Crippen LogP) is 2.61. The van der Waals surface area contributed by atoms with E-state index in [-0.39, 0.29) is 5.91 Å². The third kappa shape index (κ3) is 3.99. The Bertz CT molecular complexity index is 261. The van der Waals surface area contributed by atoms with E-state index in [1.165, 1.54) is 11.9 Å². The first-order valence-electron chi connectivity index (χ1n) is 4.33. The number of hydrogen-bond acceptors (Lipinski definition) is 2. The van der Waals surface area contributed by atoms with Gasteiger partial charge in [0.25, 0.3) is 0 Å². The van der Waals surface area contributed by atoms with E-state index in [1.807, 2.05) is 37.3 Å². The molecule has 3 heteroatoms. The van der Waals surface area contributed by atoms with Crippen molar-refractivity contribution in [2.24, 2.45) is 0 Å². The Hall–Kier alpha value is -0.960. The Morgan fingerprint density at radius 3 is 2.69 bits per heavy atom. The molecule has 0 unspecified atom stereocenters. The van der Waals surface area contributed by atoms with E-state index in [4.69, 9.17) is 0 Å². The Labute approximate surface area is 82.9 Å². The molecule has 1 amide bonds. The highest BCUT2D eigenvalue weighted by molar-refractivity contribution is 7.98. The first-order valence-corrected chi connectivity index (χ1v) is 5.15. The second-order valence-corrected chi connectivity index (χ2v) is 3.57. The van der Waals surface area contributed by atoms with Gasteiger partial charge in [-0.15, -0.1) is 0 Å². The molecule has 1 aromatic rings. The Kier molecular flexibility index (Phi) is 4.40. The maximum atomic E-state index is 11.1. The van der Waals surface area contributed by atoms with Gasteiger partial charge in [0.05, 0.1) is 0 Å². The van der Waals surface area contributed by atoms with Gasteiger partial charge in [-0.2, -0.15) is 0 Å². The highest BCUT2D eigenvalue weighted by Gasteiger charge is 1.98. The van der Waals surface area contributed by atoms with Crippen LogP contribution >= 0.6 is 11.9 Å². The molecule has 0 aliphatic heterocycles. The van der Waals surface area contributed by atoms with Crippen molar-refractivity contribution < 1.29 is 4.79 Å². The molecule has 0 fully saturated rings. The van der Waals surface area contributed by atoms with Gasteiger partial charge in [0, 0.05) is 11.3 Å². The lowest BCUT2D eigenvalue weighted by Crippen LogP contribution is -2.14. The summed E-state index contributed by atoms with van der Waals surface area (Å²) in [6.45, 7) is 1.99. The van der Waals surface area contributed by atoms with E-state index >= 15 is 0 Å². The minimum absolute atomic E-state index is 0.0938. The smallest absolute Gasteiger partial charge is 0.230 e. The zero-order chi connectivity index (χ0) is 9.52. The van der Waals surface area contributed by atoms with E-state index in [2.05, 4.69) is 4.72 Å². The summed E-state index contributed by atoms with van der Waals surface area (Å²) in [6.07, 6.45) is 1.49. The number of benzene rings is 1. The number of carbonyl (C=O) groups excluding carboxylic acids is 1. The molecule has 2 nitrogen and oxygen atoms in total. The average molecular weight is 195 g/mol. The standard InChI is InChI=1S/C10H13NOS/c1-2-6-10(12)11-13-9-7-4-3-5-8-9/h3-5,7-8H,2,6H2,1H3,(H,11,12). The number of hydrogen-bond donors (Lipinski definition) is 1. The zero-order valence-corrected chi connectivity index (χ0v) is 8.43. The highest BCUT2D eigenvalue weighted by atomic mass is 32.2. The summed E-state index contributed by atoms with van der Waals surface area (Å²) in [5, 5.41) is 0. The molecule has 70 valence electrons. The van der Waals surface area contributed by atoms with Crippen LogP contribution in [0.5, 0.6) is 0 Å². The van der Waals surface area contributed by atoms with Crippen molar-refractivity contribution in [2.45, 2.75) is 24.7 Å². The molecule has 0 saturated carbocycles. The Morgan fingerprint density at radius 1 is 1.38 bits per heavy atom. The molecular weight excluding hydrogens is 182 g/mol. The van der Waals surface area contributed by atoms with E-state index in [1.54, 1.807) is 0 Å². The zero-order valence-electron chi connectivity index (χ0n) is 7.62. The molecule has 0 spiro atoms. The van der Waals surface area contributed by atoms with Crippen LogP contribution in [-0.2, 0) is 4.79 Å². The fourth-order valence-corrected chi connectivity index (χ4v) is 1.51. The summed E-state index contributed by atoms with van der Waals surface area (Å²) < 4.78 is 2.78. The van der Waals surface area contributed by atoms with Crippen molar-refractivity contribution in [1.82, 2.24) is 4.72 Å². The highest BCUT2D eigenvalue weighted by Crippen LogP contribution is 2.12. The van der Waals surface area contributed by atoms with Crippen LogP contribution in [0.2, 0.25) is 0 Å². The lowest BCUT2D eigenvalue weighted by atomic mass is 10.3. The topological polar surface area (TPSA) is 29.1 Å². The maximum Gasteiger partial charge on any atom is 0.230 e. The Morgan fingerprint density at radius 2 is 2.08 bits per heavy atom. The number of rotatable bonds is 4. The maximum absolute atomic E-state index is 11.1. The molecule has 0 saturated heterocycles. The van der Waals surface area contributed by atoms with Gasteiger partial charge >= 0.3 is 0 Å². The quantitative estimate of drug-likeness (QED) is 0.748. The molecule has 13 heavy (non-hydrogen) atoms. The van der Waals surface area contributed by atoms with Gasteiger partial charge in [-0.3, -0.25) is 9.52 Å². The molecule has 1 N–H and O–H groups in total. The molecule has 0 aromatic heterocycles. The molecule has 0 atom stereocenters. The third-order valence-electron chi connectivity index (χ3n) is 1.50. The summed E-state index contributed by atoms with van der Waals surface area (Å²) in [5.41, 5.74) is 0. The summed E-state index contributed by atoms with van der Waals surface area (Å²) in [6, 6.07) is 9.80. The monoisotopic (exact) mass is 195 g/mol. The van der Waals surface area contributed by atoms with Gasteiger partial charge < -0.3 is 0 Å². The third-order valence-corrected chi connectivity index (χ3v) is 2.34. The van der Waals surface area contributed by atoms with Gasteiger partial charge in [-0.05, 0) is 30.5 Å². The molecule has 1 rings (SSSR count). The summed E-state index contributed by atoms with van der Waals surface area (Å²) in [5.74, 6) is 0.0938. The molecule has 1 aromatic carbocycles. The van der Waals surface area contributed by atoms with Crippen LogP contribution in [0.3, 0.4) is 0 Å². The van der Waals surface area contributed by atoms with Crippen molar-refractivity contribution in [3.63, 3.8) is 0 Å². The fourth-order valence-electron chi connectivity index (χ4n) is 0.882. The largest absolute Gasteiger partial charge is 0.296 e. The SMILES string of the molecule is CCCC(=O)NSc1ccccc1. The van der Waals surface area contributed by atoms with Gasteiger partial charge in [0.2, 0.25) is 5.91 Å². The van der Waals surface area contributed by atoms with Crippen molar-refractivity contribution in [3.8, 4) is 0 Å². The van der Waals surface area contributed by atoms with Crippen molar-refractivity contribution in [2.75, 3.05) is 0 Å². The van der Waals surface area contributed by atoms with Crippen LogP contribution in [-0.4, -0.2) is 5.91 Å². The van der Waals surface area contributed by atoms with Crippen molar-refractivity contribution >= 4 is 17.9 Å². The van der Waals surface area contributed by atoms with Gasteiger partial charge in [-0.25, -0.2) is 0 Å². The van der Waals surface area contributed by atoms with Gasteiger partial charge in [-0.1, -0.05) is 25.1 Å². The predicted molar refractivity (Wildman–Crippen MR) is 55.3 cm³/mol. The van der Waals surface area contributed by atoms with Gasteiger partial charge in [0.1, 0.15) is 0 Å². The average Bonchev–Trinajstić information content (AvgIpc) is 2.17. The summed E-state index contributed by atoms with van der Waals surface area (Å²) in [7, 11) is 0. The molecule has 0 bridgehead atoms. The van der Waals surface area contributed by atoms with E-state index < -0.39 is 0 Å². The van der Waals surface area contributed by atoms with Crippen molar-refractivity contribution in [1.29, 1.82) is 0 Å². The van der Waals surface area contributed by atoms with E-state index in [9.17, 15) is 4.79 Å². The van der Waals surface area contributed by atoms with Crippen LogP contribution < -0.4 is 4.72 Å². The minimum Gasteiger partial charge on any atom is -0.296 e. The van der Waals surface area contributed by atoms with Crippen LogP contribution in [0.25, 0.3) is 0 Å². The Balaban J connectivity index is 2.31. The van der Waals surface area contributed by atoms with Crippen LogP contribution in [0.4, 0.5) is 0 Å². The normalized spacial score (nSPS) is 9.62. The molecular formula is C10H13NOS. The van der Waals surface area contributed by atoms with Crippen LogP contribution in [0.1, 0.15) is 19.8 Å². The molecule has 0 aliphatic rings. The van der Waals surface area contributed by atoms with E-state index in [0.717, 1.165) is 11.3 Å². The first-order chi connectivity index (χ1) is 6.33. The fraction of sp³-hybridized carbons (Fsp3) is 0.300. The number of nitrogens with one attached hydrogen (secondary N) is 1. The second-order valence-electron chi connectivity index (χ2n) is 2.69. The van der Waals surface area contributed by atoms with Crippen molar-refractivity contribution in [3.05, 3.63) is 30.3 Å². The lowest BCUT2D eigenvalue weighted by Gasteiger charge is -2.01. The summed E-state index contributed by atoms with van der Waals surface area (Å²) >= 11 is 1.37. The summed E-state index contributed by atoms with van der Waals surface area (Å²) in [4.78, 5) is 12.1. The number of carbonyl (C=O) groups is 1. The van der Waals surface area contributed by atoms with Crippen LogP contribution in [0, 0.1) is 0 Å². The molecule has 0 heterocycles. The van der Waals surface area contributed by atoms with Gasteiger partial charge in [0.15, 0.2) is 0 Å². The molecule has 0 radical (unpaired) electrons. The first kappa shape index (κ1) is 10.1. The number of amides is 1. The van der Waals surface area contributed by atoms with E-state index in [0.29, 0.717) is 6.42 Å². The second kappa shape index (κ2) is 5.65. The van der Waals surface area contributed by atoms with Crippen LogP contribution in [0.15, 0.2) is 35.2 Å². The molecule has 0 aliphatic carbocycles.